The predicted molar refractivity (Wildman–Crippen MR) is 67.0 cm³/mol. The van der Waals surface area contributed by atoms with Crippen molar-refractivity contribution in [2.45, 2.75) is 45.6 Å². The average Bonchev–Trinajstić information content (AvgIpc) is 3.07. The first kappa shape index (κ1) is 11.2. The molecule has 1 aromatic heterocycles. The van der Waals surface area contributed by atoms with Crippen molar-refractivity contribution in [2.24, 2.45) is 0 Å². The van der Waals surface area contributed by atoms with Gasteiger partial charge in [0.1, 0.15) is 17.5 Å². The van der Waals surface area contributed by atoms with E-state index >= 15 is 0 Å². The highest BCUT2D eigenvalue weighted by Gasteiger charge is 2.23. The van der Waals surface area contributed by atoms with Crippen LogP contribution in [-0.2, 0) is 6.42 Å². The Morgan fingerprint density at radius 2 is 1.94 bits per heavy atom. The monoisotopic (exact) mass is 220 g/mol. The average molecular weight is 220 g/mol. The Morgan fingerprint density at radius 3 is 2.50 bits per heavy atom. The Kier molecular flexibility index (Phi) is 3.27. The van der Waals surface area contributed by atoms with Crippen LogP contribution in [0.3, 0.4) is 0 Å². The van der Waals surface area contributed by atoms with Gasteiger partial charge in [0, 0.05) is 25.1 Å². The van der Waals surface area contributed by atoms with Crippen LogP contribution < -0.4 is 10.6 Å². The van der Waals surface area contributed by atoms with Crippen LogP contribution in [0.25, 0.3) is 0 Å². The summed E-state index contributed by atoms with van der Waals surface area (Å²) in [5.41, 5.74) is 1.12. The highest BCUT2D eigenvalue weighted by atomic mass is 15.1. The Hall–Kier alpha value is -1.32. The van der Waals surface area contributed by atoms with Crippen molar-refractivity contribution in [1.82, 2.24) is 9.97 Å². The van der Waals surface area contributed by atoms with E-state index in [0.29, 0.717) is 6.04 Å². The molecule has 1 aliphatic carbocycles. The maximum absolute atomic E-state index is 4.59. The fourth-order valence-corrected chi connectivity index (χ4v) is 1.70. The first-order valence-electron chi connectivity index (χ1n) is 6.06. The van der Waals surface area contributed by atoms with Gasteiger partial charge in [0.15, 0.2) is 0 Å². The van der Waals surface area contributed by atoms with Gasteiger partial charge >= 0.3 is 0 Å². The molecule has 1 saturated carbocycles. The minimum Gasteiger partial charge on any atom is -0.373 e. The number of rotatable bonds is 5. The van der Waals surface area contributed by atoms with Gasteiger partial charge < -0.3 is 10.6 Å². The highest BCUT2D eigenvalue weighted by molar-refractivity contribution is 5.57. The van der Waals surface area contributed by atoms with Crippen molar-refractivity contribution < 1.29 is 0 Å². The summed E-state index contributed by atoms with van der Waals surface area (Å²) in [6, 6.07) is 0.632. The van der Waals surface area contributed by atoms with Crippen molar-refractivity contribution in [3.05, 3.63) is 11.4 Å². The molecular formula is C12H20N4. The Morgan fingerprint density at radius 1 is 1.25 bits per heavy atom. The molecule has 1 aliphatic rings. The number of hydrogen-bond donors (Lipinski definition) is 2. The van der Waals surface area contributed by atoms with Crippen molar-refractivity contribution in [3.63, 3.8) is 0 Å². The maximum Gasteiger partial charge on any atom is 0.134 e. The zero-order valence-corrected chi connectivity index (χ0v) is 10.3. The van der Waals surface area contributed by atoms with E-state index in [-0.39, 0.29) is 0 Å². The van der Waals surface area contributed by atoms with E-state index in [4.69, 9.17) is 0 Å². The van der Waals surface area contributed by atoms with E-state index in [1.807, 2.05) is 7.05 Å². The lowest BCUT2D eigenvalue weighted by Crippen LogP contribution is -2.10. The summed E-state index contributed by atoms with van der Waals surface area (Å²) in [5.74, 6) is 2.88. The van der Waals surface area contributed by atoms with E-state index in [0.717, 1.165) is 35.9 Å². The molecule has 1 aromatic rings. The van der Waals surface area contributed by atoms with Crippen LogP contribution in [-0.4, -0.2) is 23.1 Å². The topological polar surface area (TPSA) is 49.8 Å². The number of aromatic nitrogens is 2. The number of anilines is 2. The Labute approximate surface area is 96.9 Å². The third-order valence-corrected chi connectivity index (χ3v) is 2.82. The van der Waals surface area contributed by atoms with Crippen molar-refractivity contribution in [1.29, 1.82) is 0 Å². The predicted octanol–water partition coefficient (Wildman–Crippen LogP) is 2.35. The summed E-state index contributed by atoms with van der Waals surface area (Å²) in [6.07, 6.45) is 4.55. The summed E-state index contributed by atoms with van der Waals surface area (Å²) in [4.78, 5) is 9.10. The molecule has 4 heteroatoms. The zero-order valence-electron chi connectivity index (χ0n) is 10.3. The standard InChI is InChI=1S/C12H20N4/c1-4-5-10-15-11(13-3)8(2)12(16-10)14-9-6-7-9/h9H,4-7H2,1-3H3,(H2,13,14,15,16). The lowest BCUT2D eigenvalue weighted by atomic mass is 10.2. The second-order valence-corrected chi connectivity index (χ2v) is 4.38. The maximum atomic E-state index is 4.59. The Bertz CT molecular complexity index is 372. The van der Waals surface area contributed by atoms with Gasteiger partial charge in [0.2, 0.25) is 0 Å². The number of nitrogens with one attached hydrogen (secondary N) is 2. The normalized spacial score (nSPS) is 14.9. The Balaban J connectivity index is 2.27. The quantitative estimate of drug-likeness (QED) is 0.799. The van der Waals surface area contributed by atoms with E-state index in [1.54, 1.807) is 0 Å². The molecule has 0 atom stereocenters. The fraction of sp³-hybridized carbons (Fsp3) is 0.667. The van der Waals surface area contributed by atoms with Gasteiger partial charge in [0.25, 0.3) is 0 Å². The van der Waals surface area contributed by atoms with Crippen LogP contribution in [0.2, 0.25) is 0 Å². The van der Waals surface area contributed by atoms with Gasteiger partial charge in [-0.2, -0.15) is 0 Å². The molecule has 2 rings (SSSR count). The van der Waals surface area contributed by atoms with Crippen LogP contribution in [0.4, 0.5) is 11.6 Å². The van der Waals surface area contributed by atoms with E-state index in [1.165, 1.54) is 12.8 Å². The smallest absolute Gasteiger partial charge is 0.134 e. The van der Waals surface area contributed by atoms with Gasteiger partial charge in [-0.05, 0) is 26.2 Å². The summed E-state index contributed by atoms with van der Waals surface area (Å²) in [7, 11) is 1.91. The summed E-state index contributed by atoms with van der Waals surface area (Å²) in [5, 5.41) is 6.60. The van der Waals surface area contributed by atoms with Gasteiger partial charge in [0.05, 0.1) is 0 Å². The third kappa shape index (κ3) is 2.43. The van der Waals surface area contributed by atoms with E-state index < -0.39 is 0 Å². The van der Waals surface area contributed by atoms with Crippen molar-refractivity contribution >= 4 is 11.6 Å². The van der Waals surface area contributed by atoms with E-state index in [2.05, 4.69) is 34.4 Å². The SMILES string of the molecule is CCCc1nc(NC)c(C)c(NC2CC2)n1. The molecular weight excluding hydrogens is 200 g/mol. The van der Waals surface area contributed by atoms with Gasteiger partial charge in [-0.1, -0.05) is 6.92 Å². The van der Waals surface area contributed by atoms with Crippen LogP contribution >= 0.6 is 0 Å². The molecule has 2 N–H and O–H groups in total. The molecule has 16 heavy (non-hydrogen) atoms. The molecule has 0 bridgehead atoms. The third-order valence-electron chi connectivity index (χ3n) is 2.82. The molecule has 1 heterocycles. The van der Waals surface area contributed by atoms with Crippen molar-refractivity contribution in [3.8, 4) is 0 Å². The molecule has 0 aliphatic heterocycles. The number of hydrogen-bond acceptors (Lipinski definition) is 4. The molecule has 0 aromatic carbocycles. The molecule has 0 amide bonds. The molecule has 0 spiro atoms. The molecule has 4 nitrogen and oxygen atoms in total. The second-order valence-electron chi connectivity index (χ2n) is 4.38. The lowest BCUT2D eigenvalue weighted by Gasteiger charge is -2.13. The number of nitrogens with zero attached hydrogens (tertiary/aromatic N) is 2. The second kappa shape index (κ2) is 4.68. The number of aryl methyl sites for hydroxylation is 1. The molecule has 0 radical (unpaired) electrons. The van der Waals surface area contributed by atoms with Gasteiger partial charge in [-0.25, -0.2) is 9.97 Å². The molecule has 1 fully saturated rings. The lowest BCUT2D eigenvalue weighted by molar-refractivity contribution is 0.831. The summed E-state index contributed by atoms with van der Waals surface area (Å²) in [6.45, 7) is 4.21. The zero-order chi connectivity index (χ0) is 11.5. The fourth-order valence-electron chi connectivity index (χ4n) is 1.70. The molecule has 88 valence electrons. The molecule has 0 saturated heterocycles. The minimum absolute atomic E-state index is 0.632. The van der Waals surface area contributed by atoms with Gasteiger partial charge in [-0.3, -0.25) is 0 Å². The van der Waals surface area contributed by atoms with E-state index in [9.17, 15) is 0 Å². The highest BCUT2D eigenvalue weighted by Crippen LogP contribution is 2.27. The van der Waals surface area contributed by atoms with Crippen LogP contribution in [0.1, 0.15) is 37.6 Å². The summed E-state index contributed by atoms with van der Waals surface area (Å²) >= 11 is 0. The van der Waals surface area contributed by atoms with Crippen LogP contribution in [0, 0.1) is 6.92 Å². The van der Waals surface area contributed by atoms with Crippen LogP contribution in [0.5, 0.6) is 0 Å². The minimum atomic E-state index is 0.632. The van der Waals surface area contributed by atoms with Gasteiger partial charge in [-0.15, -0.1) is 0 Å². The first-order chi connectivity index (χ1) is 7.74. The largest absolute Gasteiger partial charge is 0.373 e. The van der Waals surface area contributed by atoms with Crippen LogP contribution in [0.15, 0.2) is 0 Å². The molecule has 0 unspecified atom stereocenters. The first-order valence-corrected chi connectivity index (χ1v) is 6.06. The summed E-state index contributed by atoms with van der Waals surface area (Å²) < 4.78 is 0. The van der Waals surface area contributed by atoms with Crippen molar-refractivity contribution in [2.75, 3.05) is 17.7 Å².